The third kappa shape index (κ3) is 9.12. The van der Waals surface area contributed by atoms with E-state index >= 15 is 0 Å². The zero-order chi connectivity index (χ0) is 13.7. The lowest BCUT2D eigenvalue weighted by atomic mass is 10.4. The number of nitrogens with zero attached hydrogens (tertiary/aromatic N) is 2. The van der Waals surface area contributed by atoms with Crippen molar-refractivity contribution < 1.29 is 9.53 Å². The van der Waals surface area contributed by atoms with Crippen molar-refractivity contribution in [2.45, 2.75) is 34.6 Å². The topological polar surface area (TPSA) is 32.8 Å². The molecule has 0 saturated carbocycles. The molecule has 0 aromatic heterocycles. The first-order chi connectivity index (χ1) is 8.24. The lowest BCUT2D eigenvalue weighted by Crippen LogP contribution is -2.45. The van der Waals surface area contributed by atoms with E-state index in [0.29, 0.717) is 19.8 Å². The fraction of sp³-hybridized carbons (Fsp3) is 0.923. The summed E-state index contributed by atoms with van der Waals surface area (Å²) in [5, 5.41) is 0. The van der Waals surface area contributed by atoms with Crippen molar-refractivity contribution >= 4 is 5.91 Å². The summed E-state index contributed by atoms with van der Waals surface area (Å²) >= 11 is 0. The Bertz CT molecular complexity index is 169. The second-order valence-corrected chi connectivity index (χ2v) is 3.32. The third-order valence-corrected chi connectivity index (χ3v) is 2.31. The van der Waals surface area contributed by atoms with Gasteiger partial charge in [-0.3, -0.25) is 9.69 Å². The van der Waals surface area contributed by atoms with Gasteiger partial charge in [0, 0.05) is 13.1 Å². The van der Waals surface area contributed by atoms with Crippen LogP contribution in [-0.2, 0) is 9.53 Å². The smallest absolute Gasteiger partial charge is 0.236 e. The largest absolute Gasteiger partial charge is 0.378 e. The van der Waals surface area contributed by atoms with Gasteiger partial charge in [0.05, 0.1) is 19.8 Å². The zero-order valence-corrected chi connectivity index (χ0v) is 12.5. The Balaban J connectivity index is 0. The van der Waals surface area contributed by atoms with Gasteiger partial charge in [-0.25, -0.2) is 0 Å². The molecule has 1 rings (SSSR count). The summed E-state index contributed by atoms with van der Waals surface area (Å²) in [7, 11) is 1.96. The number of likely N-dealkylation sites (N-methyl/N-ethyl adjacent to an activating group) is 1. The van der Waals surface area contributed by atoms with Gasteiger partial charge < -0.3 is 9.64 Å². The minimum atomic E-state index is 0.215. The van der Waals surface area contributed by atoms with Crippen LogP contribution in [0.3, 0.4) is 0 Å². The number of carbonyl (C=O) groups is 1. The molecule has 0 unspecified atom stereocenters. The van der Waals surface area contributed by atoms with Crippen LogP contribution in [0.15, 0.2) is 0 Å². The van der Waals surface area contributed by atoms with Crippen LogP contribution in [0.1, 0.15) is 34.6 Å². The molecule has 0 aromatic carbocycles. The van der Waals surface area contributed by atoms with E-state index in [-0.39, 0.29) is 5.91 Å². The van der Waals surface area contributed by atoms with Gasteiger partial charge in [-0.05, 0) is 13.6 Å². The summed E-state index contributed by atoms with van der Waals surface area (Å²) in [6, 6.07) is 0. The Hall–Kier alpha value is -0.610. The van der Waals surface area contributed by atoms with Crippen molar-refractivity contribution in [3.05, 3.63) is 0 Å². The van der Waals surface area contributed by atoms with Gasteiger partial charge >= 0.3 is 0 Å². The van der Waals surface area contributed by atoms with Crippen LogP contribution in [0.25, 0.3) is 0 Å². The SMILES string of the molecule is CC.CC.CCN(C)CC(=O)N1CCOCC1. The van der Waals surface area contributed by atoms with Crippen LogP contribution in [0.4, 0.5) is 0 Å². The van der Waals surface area contributed by atoms with E-state index in [4.69, 9.17) is 4.74 Å². The maximum absolute atomic E-state index is 11.6. The molecule has 4 heteroatoms. The first-order valence-electron chi connectivity index (χ1n) is 6.78. The number of rotatable bonds is 3. The average molecular weight is 246 g/mol. The highest BCUT2D eigenvalue weighted by molar-refractivity contribution is 5.78. The molecular weight excluding hydrogens is 216 g/mol. The molecule has 0 radical (unpaired) electrons. The van der Waals surface area contributed by atoms with Crippen LogP contribution in [0.5, 0.6) is 0 Å². The van der Waals surface area contributed by atoms with Crippen LogP contribution in [-0.4, -0.2) is 62.1 Å². The normalized spacial score (nSPS) is 14.4. The number of morpholine rings is 1. The van der Waals surface area contributed by atoms with E-state index in [1.807, 2.05) is 51.5 Å². The Morgan fingerprint density at radius 3 is 2.06 bits per heavy atom. The van der Waals surface area contributed by atoms with Gasteiger partial charge in [0.25, 0.3) is 0 Å². The number of ether oxygens (including phenoxy) is 1. The molecule has 0 bridgehead atoms. The lowest BCUT2D eigenvalue weighted by molar-refractivity contribution is -0.136. The Morgan fingerprint density at radius 2 is 1.65 bits per heavy atom. The van der Waals surface area contributed by atoms with Gasteiger partial charge in [-0.2, -0.15) is 0 Å². The van der Waals surface area contributed by atoms with Crippen LogP contribution in [0, 0.1) is 0 Å². The molecule has 1 amide bonds. The monoisotopic (exact) mass is 246 g/mol. The summed E-state index contributed by atoms with van der Waals surface area (Å²) in [5.74, 6) is 0.215. The molecule has 4 nitrogen and oxygen atoms in total. The van der Waals surface area contributed by atoms with Gasteiger partial charge in [-0.15, -0.1) is 0 Å². The number of hydrogen-bond donors (Lipinski definition) is 0. The Kier molecular flexibility index (Phi) is 14.8. The summed E-state index contributed by atoms with van der Waals surface area (Å²) in [5.41, 5.74) is 0. The van der Waals surface area contributed by atoms with Crippen molar-refractivity contribution in [1.29, 1.82) is 0 Å². The predicted molar refractivity (Wildman–Crippen MR) is 73.3 cm³/mol. The molecule has 1 heterocycles. The van der Waals surface area contributed by atoms with Crippen molar-refractivity contribution in [3.63, 3.8) is 0 Å². The third-order valence-electron chi connectivity index (χ3n) is 2.31. The molecule has 0 N–H and O–H groups in total. The summed E-state index contributed by atoms with van der Waals surface area (Å²) in [6.45, 7) is 14.3. The summed E-state index contributed by atoms with van der Waals surface area (Å²) < 4.78 is 5.17. The molecular formula is C13H30N2O2. The van der Waals surface area contributed by atoms with Gasteiger partial charge in [0.2, 0.25) is 5.91 Å². The standard InChI is InChI=1S/C9H18N2O2.2C2H6/c1-3-10(2)8-9(12)11-4-6-13-7-5-11;2*1-2/h3-8H2,1-2H3;2*1-2H3. The second kappa shape index (κ2) is 13.5. The van der Waals surface area contributed by atoms with E-state index in [9.17, 15) is 4.79 Å². The van der Waals surface area contributed by atoms with Gasteiger partial charge in [0.1, 0.15) is 0 Å². The average Bonchev–Trinajstić information content (AvgIpc) is 2.44. The fourth-order valence-corrected chi connectivity index (χ4v) is 1.26. The zero-order valence-electron chi connectivity index (χ0n) is 12.5. The second-order valence-electron chi connectivity index (χ2n) is 3.32. The first-order valence-corrected chi connectivity index (χ1v) is 6.78. The highest BCUT2D eigenvalue weighted by atomic mass is 16.5. The van der Waals surface area contributed by atoms with Crippen LogP contribution < -0.4 is 0 Å². The minimum absolute atomic E-state index is 0.215. The summed E-state index contributed by atoms with van der Waals surface area (Å²) in [6.07, 6.45) is 0. The molecule has 1 aliphatic heterocycles. The highest BCUT2D eigenvalue weighted by Crippen LogP contribution is 1.98. The van der Waals surface area contributed by atoms with Crippen molar-refractivity contribution in [1.82, 2.24) is 9.80 Å². The Morgan fingerprint density at radius 1 is 1.18 bits per heavy atom. The lowest BCUT2D eigenvalue weighted by Gasteiger charge is -2.28. The highest BCUT2D eigenvalue weighted by Gasteiger charge is 2.17. The molecule has 1 saturated heterocycles. The van der Waals surface area contributed by atoms with E-state index < -0.39 is 0 Å². The summed E-state index contributed by atoms with van der Waals surface area (Å²) in [4.78, 5) is 15.5. The Labute approximate surface area is 107 Å². The van der Waals surface area contributed by atoms with Crippen molar-refractivity contribution in [2.24, 2.45) is 0 Å². The molecule has 0 aliphatic carbocycles. The van der Waals surface area contributed by atoms with Crippen LogP contribution >= 0.6 is 0 Å². The quantitative estimate of drug-likeness (QED) is 0.762. The molecule has 0 spiro atoms. The van der Waals surface area contributed by atoms with Crippen LogP contribution in [0.2, 0.25) is 0 Å². The van der Waals surface area contributed by atoms with E-state index in [0.717, 1.165) is 19.6 Å². The maximum atomic E-state index is 11.6. The first kappa shape index (κ1) is 18.7. The number of hydrogen-bond acceptors (Lipinski definition) is 3. The van der Waals surface area contributed by atoms with Gasteiger partial charge in [-0.1, -0.05) is 34.6 Å². The fourth-order valence-electron chi connectivity index (χ4n) is 1.26. The van der Waals surface area contributed by atoms with E-state index in [2.05, 4.69) is 0 Å². The number of amides is 1. The van der Waals surface area contributed by atoms with E-state index in [1.54, 1.807) is 0 Å². The predicted octanol–water partition coefficient (Wildman–Crippen LogP) is 1.85. The molecule has 17 heavy (non-hydrogen) atoms. The molecule has 0 atom stereocenters. The van der Waals surface area contributed by atoms with Gasteiger partial charge in [0.15, 0.2) is 0 Å². The maximum Gasteiger partial charge on any atom is 0.236 e. The number of carbonyl (C=O) groups excluding carboxylic acids is 1. The minimum Gasteiger partial charge on any atom is -0.378 e. The molecule has 1 fully saturated rings. The molecule has 0 aromatic rings. The van der Waals surface area contributed by atoms with E-state index in [1.165, 1.54) is 0 Å². The molecule has 104 valence electrons. The van der Waals surface area contributed by atoms with Crippen molar-refractivity contribution in [3.8, 4) is 0 Å². The van der Waals surface area contributed by atoms with Crippen molar-refractivity contribution in [2.75, 3.05) is 46.4 Å². The molecule has 1 aliphatic rings.